The van der Waals surface area contributed by atoms with Gasteiger partial charge in [0.05, 0.1) is 35.9 Å². The van der Waals surface area contributed by atoms with Crippen molar-refractivity contribution in [1.82, 2.24) is 30.6 Å². The van der Waals surface area contributed by atoms with E-state index in [0.717, 1.165) is 114 Å². The van der Waals surface area contributed by atoms with E-state index in [1.165, 1.54) is 24.0 Å². The van der Waals surface area contributed by atoms with E-state index in [9.17, 15) is 4.79 Å². The van der Waals surface area contributed by atoms with Gasteiger partial charge in [-0.05, 0) is 97.0 Å². The summed E-state index contributed by atoms with van der Waals surface area (Å²) < 4.78 is 0. The minimum Gasteiger partial charge on any atom is -0.341 e. The van der Waals surface area contributed by atoms with Crippen LogP contribution in [0.5, 0.6) is 0 Å². The maximum Gasteiger partial charge on any atom is 0.170 e. The molecule has 2 unspecified atom stereocenters. The fourth-order valence-electron chi connectivity index (χ4n) is 8.56. The topological polar surface area (TPSA) is 98.5 Å². The molecule has 7 nitrogen and oxygen atoms in total. The number of fused-ring (bicyclic) bond motifs is 1. The lowest BCUT2D eigenvalue weighted by Gasteiger charge is -2.20. The molecule has 46 heavy (non-hydrogen) atoms. The van der Waals surface area contributed by atoms with Gasteiger partial charge in [0.2, 0.25) is 0 Å². The highest BCUT2D eigenvalue weighted by Crippen LogP contribution is 2.53. The van der Waals surface area contributed by atoms with Crippen LogP contribution in [0.4, 0.5) is 0 Å². The number of benzene rings is 3. The number of carbonyl (C=O) groups excluding carboxylic acids is 1. The van der Waals surface area contributed by atoms with Crippen molar-refractivity contribution in [2.75, 3.05) is 13.1 Å². The van der Waals surface area contributed by atoms with Crippen LogP contribution in [0.3, 0.4) is 0 Å². The Labute approximate surface area is 269 Å². The van der Waals surface area contributed by atoms with Crippen molar-refractivity contribution in [2.45, 2.75) is 69.9 Å². The largest absolute Gasteiger partial charge is 0.341 e. The van der Waals surface area contributed by atoms with E-state index in [1.54, 1.807) is 0 Å². The minimum absolute atomic E-state index is 0.242. The number of imidazole rings is 2. The lowest BCUT2D eigenvalue weighted by atomic mass is 9.81. The molecule has 4 aliphatic rings. The average molecular weight is 609 g/mol. The summed E-state index contributed by atoms with van der Waals surface area (Å²) in [4.78, 5) is 30.7. The Hall–Kier alpha value is -4.33. The first-order valence-corrected chi connectivity index (χ1v) is 17.1. The van der Waals surface area contributed by atoms with E-state index < -0.39 is 0 Å². The Morgan fingerprint density at radius 3 is 1.63 bits per heavy atom. The van der Waals surface area contributed by atoms with Crippen LogP contribution >= 0.6 is 0 Å². The molecule has 1 saturated carbocycles. The summed E-state index contributed by atoms with van der Waals surface area (Å²) >= 11 is 0. The number of hydrogen-bond acceptors (Lipinski definition) is 5. The molecule has 2 aliphatic carbocycles. The third kappa shape index (κ3) is 4.67. The van der Waals surface area contributed by atoms with Crippen LogP contribution in [0, 0.1) is 5.41 Å². The van der Waals surface area contributed by atoms with E-state index in [-0.39, 0.29) is 5.41 Å². The Kier molecular flexibility index (Phi) is 6.79. The zero-order chi connectivity index (χ0) is 30.7. The molecule has 1 spiro atoms. The van der Waals surface area contributed by atoms with Crippen LogP contribution < -0.4 is 10.6 Å². The molecule has 3 fully saturated rings. The monoisotopic (exact) mass is 608 g/mol. The Bertz CT molecular complexity index is 1900. The Balaban J connectivity index is 1.04. The van der Waals surface area contributed by atoms with Crippen molar-refractivity contribution in [3.63, 3.8) is 0 Å². The molecule has 9 rings (SSSR count). The van der Waals surface area contributed by atoms with Gasteiger partial charge < -0.3 is 20.6 Å². The molecule has 0 amide bonds. The minimum atomic E-state index is -0.242. The predicted octanol–water partition coefficient (Wildman–Crippen LogP) is 7.95. The first kappa shape index (κ1) is 27.9. The van der Waals surface area contributed by atoms with Gasteiger partial charge >= 0.3 is 0 Å². The molecule has 3 aromatic carbocycles. The van der Waals surface area contributed by atoms with Crippen LogP contribution in [-0.2, 0) is 6.42 Å². The van der Waals surface area contributed by atoms with Gasteiger partial charge in [-0.1, -0.05) is 73.5 Å². The van der Waals surface area contributed by atoms with E-state index in [1.807, 2.05) is 12.4 Å². The number of carbonyl (C=O) groups is 1. The molecule has 4 N–H and O–H groups in total. The van der Waals surface area contributed by atoms with Crippen molar-refractivity contribution >= 4 is 5.78 Å². The van der Waals surface area contributed by atoms with Gasteiger partial charge in [0.15, 0.2) is 5.78 Å². The molecule has 232 valence electrons. The smallest absolute Gasteiger partial charge is 0.170 e. The van der Waals surface area contributed by atoms with Crippen molar-refractivity contribution in [1.29, 1.82) is 0 Å². The second-order valence-corrected chi connectivity index (χ2v) is 13.8. The molecule has 2 aliphatic heterocycles. The molecule has 0 bridgehead atoms. The second-order valence-electron chi connectivity index (χ2n) is 13.8. The van der Waals surface area contributed by atoms with Crippen molar-refractivity contribution in [2.24, 2.45) is 5.41 Å². The Morgan fingerprint density at radius 1 is 0.609 bits per heavy atom. The molecular formula is C39H40N6O. The van der Waals surface area contributed by atoms with Gasteiger partial charge in [0.25, 0.3) is 0 Å². The maximum absolute atomic E-state index is 14.3. The number of ketones is 1. The Morgan fingerprint density at radius 2 is 1.11 bits per heavy atom. The third-order valence-electron chi connectivity index (χ3n) is 11.1. The highest BCUT2D eigenvalue weighted by atomic mass is 16.1. The quantitative estimate of drug-likeness (QED) is 0.157. The van der Waals surface area contributed by atoms with E-state index in [2.05, 4.69) is 91.2 Å². The van der Waals surface area contributed by atoms with Crippen molar-refractivity contribution in [3.8, 4) is 44.8 Å². The van der Waals surface area contributed by atoms with Crippen LogP contribution in [0.15, 0.2) is 73.1 Å². The normalized spacial score (nSPS) is 21.9. The maximum atomic E-state index is 14.3. The van der Waals surface area contributed by atoms with Gasteiger partial charge in [0, 0.05) is 11.0 Å². The first-order chi connectivity index (χ1) is 22.6. The molecule has 2 saturated heterocycles. The number of nitrogens with one attached hydrogen (secondary N) is 4. The zero-order valence-electron chi connectivity index (χ0n) is 26.2. The summed E-state index contributed by atoms with van der Waals surface area (Å²) in [6, 6.07) is 22.5. The molecule has 4 heterocycles. The molecular weight excluding hydrogens is 568 g/mol. The standard InChI is InChI=1S/C39H40N6O/c46-36-35-29(25-9-13-27(14-10-25)34-23-43-38(45-34)32-6-4-20-41-32)16-15-28(30(35)21-39(36)17-1-2-18-39)24-7-11-26(12-8-24)33-22-42-37(44-33)31-5-3-19-40-31/h7-16,22-23,31-32,40-41H,1-6,17-21H2,(H,42,44)(H,43,45). The number of nitrogens with zero attached hydrogens (tertiary/aromatic N) is 2. The lowest BCUT2D eigenvalue weighted by Crippen LogP contribution is -2.24. The van der Waals surface area contributed by atoms with Gasteiger partial charge in [0.1, 0.15) is 11.6 Å². The molecule has 0 radical (unpaired) electrons. The molecule has 2 atom stereocenters. The van der Waals surface area contributed by atoms with Crippen LogP contribution in [0.2, 0.25) is 0 Å². The molecule has 7 heteroatoms. The number of aromatic nitrogens is 4. The van der Waals surface area contributed by atoms with Gasteiger partial charge in [-0.2, -0.15) is 0 Å². The lowest BCUT2D eigenvalue weighted by molar-refractivity contribution is 0.0827. The van der Waals surface area contributed by atoms with Crippen LogP contribution in [0.25, 0.3) is 44.8 Å². The number of H-pyrrole nitrogens is 2. The van der Waals surface area contributed by atoms with E-state index >= 15 is 0 Å². The van der Waals surface area contributed by atoms with Crippen molar-refractivity contribution in [3.05, 3.63) is 95.8 Å². The molecule has 5 aromatic rings. The number of Topliss-reactive ketones (excluding diaryl/α,β-unsaturated/α-hetero) is 1. The van der Waals surface area contributed by atoms with Crippen LogP contribution in [-0.4, -0.2) is 38.8 Å². The number of hydrogen-bond donors (Lipinski definition) is 4. The predicted molar refractivity (Wildman–Crippen MR) is 181 cm³/mol. The summed E-state index contributed by atoms with van der Waals surface area (Å²) in [6.07, 6.45) is 13.6. The highest BCUT2D eigenvalue weighted by molar-refractivity contribution is 6.11. The first-order valence-electron chi connectivity index (χ1n) is 17.1. The van der Waals surface area contributed by atoms with E-state index in [0.29, 0.717) is 17.9 Å². The number of aromatic amines is 2. The van der Waals surface area contributed by atoms with Crippen LogP contribution in [0.1, 0.15) is 91.0 Å². The summed E-state index contributed by atoms with van der Waals surface area (Å²) in [7, 11) is 0. The average Bonchev–Trinajstić information content (AvgIpc) is 3.93. The third-order valence-corrected chi connectivity index (χ3v) is 11.1. The zero-order valence-corrected chi connectivity index (χ0v) is 26.2. The summed E-state index contributed by atoms with van der Waals surface area (Å²) in [5.74, 6) is 2.39. The number of rotatable bonds is 6. The molecule has 2 aromatic heterocycles. The SMILES string of the molecule is O=C1c2c(-c3ccc(-c4cnc(C5CCCN5)[nH]4)cc3)ccc(-c3ccc(-c4cnc(C5CCCN5)[nH]4)cc3)c2CC12CCCC2. The fraction of sp³-hybridized carbons (Fsp3) is 0.359. The highest BCUT2D eigenvalue weighted by Gasteiger charge is 2.48. The second kappa shape index (κ2) is 11.2. The van der Waals surface area contributed by atoms with Gasteiger partial charge in [-0.15, -0.1) is 0 Å². The fourth-order valence-corrected chi connectivity index (χ4v) is 8.56. The van der Waals surface area contributed by atoms with Gasteiger partial charge in [-0.3, -0.25) is 4.79 Å². The summed E-state index contributed by atoms with van der Waals surface area (Å²) in [6.45, 7) is 2.10. The van der Waals surface area contributed by atoms with Gasteiger partial charge in [-0.25, -0.2) is 9.97 Å². The summed E-state index contributed by atoms with van der Waals surface area (Å²) in [5.41, 5.74) is 10.7. The summed E-state index contributed by atoms with van der Waals surface area (Å²) in [5, 5.41) is 7.05. The van der Waals surface area contributed by atoms with Crippen molar-refractivity contribution < 1.29 is 4.79 Å². The van der Waals surface area contributed by atoms with E-state index in [4.69, 9.17) is 0 Å².